The van der Waals surface area contributed by atoms with E-state index in [-0.39, 0.29) is 12.1 Å². The zero-order valence-corrected chi connectivity index (χ0v) is 12.0. The van der Waals surface area contributed by atoms with Gasteiger partial charge in [0.2, 0.25) is 0 Å². The molecule has 0 saturated carbocycles. The third-order valence-corrected chi connectivity index (χ3v) is 2.91. The van der Waals surface area contributed by atoms with Gasteiger partial charge in [0.1, 0.15) is 5.82 Å². The van der Waals surface area contributed by atoms with Crippen molar-refractivity contribution in [1.82, 2.24) is 5.32 Å². The minimum absolute atomic E-state index is 0.218. The van der Waals surface area contributed by atoms with Crippen molar-refractivity contribution in [3.05, 3.63) is 28.5 Å². The number of hydrogen-bond acceptors (Lipinski definition) is 2. The van der Waals surface area contributed by atoms with Gasteiger partial charge in [-0.2, -0.15) is 0 Å². The minimum atomic E-state index is -1.02. The van der Waals surface area contributed by atoms with E-state index in [2.05, 4.69) is 26.6 Å². The molecule has 5 nitrogen and oxygen atoms in total. The van der Waals surface area contributed by atoms with Crippen LogP contribution in [0.5, 0.6) is 0 Å². The quantitative estimate of drug-likeness (QED) is 0.793. The highest BCUT2D eigenvalue weighted by molar-refractivity contribution is 9.10. The third-order valence-electron chi connectivity index (χ3n) is 2.22. The van der Waals surface area contributed by atoms with Gasteiger partial charge in [-0.05, 0) is 48.0 Å². The van der Waals surface area contributed by atoms with E-state index in [1.54, 1.807) is 13.8 Å². The van der Waals surface area contributed by atoms with Crippen molar-refractivity contribution in [3.8, 4) is 0 Å². The predicted molar refractivity (Wildman–Crippen MR) is 72.6 cm³/mol. The van der Waals surface area contributed by atoms with Crippen LogP contribution in [0.15, 0.2) is 22.7 Å². The van der Waals surface area contributed by atoms with Crippen molar-refractivity contribution >= 4 is 33.6 Å². The summed E-state index contributed by atoms with van der Waals surface area (Å²) in [5.74, 6) is -1.50. The standard InChI is InChI=1S/C12H14BrFN2O3/c1-12(2,6-10(17)18)16-11(19)15-9-5-7(14)3-4-8(9)13/h3-5H,6H2,1-2H3,(H,17,18)(H2,15,16,19). The molecule has 0 heterocycles. The Labute approximate surface area is 118 Å². The van der Waals surface area contributed by atoms with Crippen LogP contribution >= 0.6 is 15.9 Å². The summed E-state index contributed by atoms with van der Waals surface area (Å²) in [6, 6.07) is 3.28. The van der Waals surface area contributed by atoms with Crippen LogP contribution in [0, 0.1) is 5.82 Å². The Hall–Kier alpha value is -1.63. The second-order valence-corrected chi connectivity index (χ2v) is 5.51. The van der Waals surface area contributed by atoms with E-state index in [4.69, 9.17) is 5.11 Å². The highest BCUT2D eigenvalue weighted by Crippen LogP contribution is 2.23. The lowest BCUT2D eigenvalue weighted by molar-refractivity contribution is -0.138. The molecule has 0 atom stereocenters. The minimum Gasteiger partial charge on any atom is -0.481 e. The first-order valence-electron chi connectivity index (χ1n) is 5.45. The Morgan fingerprint density at radius 2 is 2.05 bits per heavy atom. The van der Waals surface area contributed by atoms with Gasteiger partial charge in [0.15, 0.2) is 0 Å². The summed E-state index contributed by atoms with van der Waals surface area (Å²) >= 11 is 3.18. The van der Waals surface area contributed by atoms with E-state index in [1.165, 1.54) is 12.1 Å². The summed E-state index contributed by atoms with van der Waals surface area (Å²) in [6.45, 7) is 3.17. The first-order chi connectivity index (χ1) is 8.69. The number of benzene rings is 1. The zero-order chi connectivity index (χ0) is 14.6. The van der Waals surface area contributed by atoms with E-state index in [9.17, 15) is 14.0 Å². The van der Waals surface area contributed by atoms with Crippen molar-refractivity contribution in [1.29, 1.82) is 0 Å². The molecule has 19 heavy (non-hydrogen) atoms. The molecule has 0 bridgehead atoms. The van der Waals surface area contributed by atoms with E-state index in [0.29, 0.717) is 4.47 Å². The first-order valence-corrected chi connectivity index (χ1v) is 6.25. The Morgan fingerprint density at radius 1 is 1.42 bits per heavy atom. The van der Waals surface area contributed by atoms with E-state index >= 15 is 0 Å². The molecule has 7 heteroatoms. The molecule has 0 fully saturated rings. The number of rotatable bonds is 4. The van der Waals surface area contributed by atoms with Crippen molar-refractivity contribution < 1.29 is 19.1 Å². The van der Waals surface area contributed by atoms with Gasteiger partial charge >= 0.3 is 12.0 Å². The fourth-order valence-corrected chi connectivity index (χ4v) is 1.82. The molecule has 2 amide bonds. The summed E-state index contributed by atoms with van der Waals surface area (Å²) in [4.78, 5) is 22.3. The maximum absolute atomic E-state index is 13.0. The second-order valence-electron chi connectivity index (χ2n) is 4.66. The predicted octanol–water partition coefficient (Wildman–Crippen LogP) is 2.96. The molecule has 0 aliphatic heterocycles. The summed E-state index contributed by atoms with van der Waals surface area (Å²) in [6.07, 6.45) is -0.218. The SMILES string of the molecule is CC(C)(CC(=O)O)NC(=O)Nc1cc(F)ccc1Br. The summed E-state index contributed by atoms with van der Waals surface area (Å²) in [5.41, 5.74) is -0.640. The number of urea groups is 1. The van der Waals surface area contributed by atoms with Gasteiger partial charge in [0.05, 0.1) is 12.1 Å². The van der Waals surface area contributed by atoms with Crippen molar-refractivity contribution in [3.63, 3.8) is 0 Å². The van der Waals surface area contributed by atoms with Crippen LogP contribution in [-0.2, 0) is 4.79 Å². The maximum Gasteiger partial charge on any atom is 0.319 e. The van der Waals surface area contributed by atoms with Gasteiger partial charge in [-0.1, -0.05) is 0 Å². The van der Waals surface area contributed by atoms with E-state index in [1.807, 2.05) is 0 Å². The smallest absolute Gasteiger partial charge is 0.319 e. The summed E-state index contributed by atoms with van der Waals surface area (Å²) in [7, 11) is 0. The van der Waals surface area contributed by atoms with Crippen LogP contribution in [-0.4, -0.2) is 22.6 Å². The van der Waals surface area contributed by atoms with Crippen molar-refractivity contribution in [2.45, 2.75) is 25.8 Å². The first kappa shape index (κ1) is 15.4. The van der Waals surface area contributed by atoms with Gasteiger partial charge in [-0.25, -0.2) is 9.18 Å². The number of hydrogen-bond donors (Lipinski definition) is 3. The normalized spacial score (nSPS) is 10.9. The largest absolute Gasteiger partial charge is 0.481 e. The van der Waals surface area contributed by atoms with Crippen molar-refractivity contribution in [2.75, 3.05) is 5.32 Å². The molecular weight excluding hydrogens is 319 g/mol. The lowest BCUT2D eigenvalue weighted by Gasteiger charge is -2.24. The fourth-order valence-electron chi connectivity index (χ4n) is 1.48. The molecule has 0 unspecified atom stereocenters. The lowest BCUT2D eigenvalue weighted by Crippen LogP contribution is -2.46. The molecule has 3 N–H and O–H groups in total. The zero-order valence-electron chi connectivity index (χ0n) is 10.5. The molecule has 0 spiro atoms. The monoisotopic (exact) mass is 332 g/mol. The Balaban J connectivity index is 2.70. The van der Waals surface area contributed by atoms with Crippen LogP contribution in [0.1, 0.15) is 20.3 Å². The van der Waals surface area contributed by atoms with E-state index in [0.717, 1.165) is 6.07 Å². The molecule has 1 aromatic rings. The number of carboxylic acids is 1. The van der Waals surface area contributed by atoms with Gasteiger partial charge in [0, 0.05) is 10.0 Å². The molecule has 0 aliphatic carbocycles. The topological polar surface area (TPSA) is 78.4 Å². The van der Waals surface area contributed by atoms with Crippen LogP contribution in [0.2, 0.25) is 0 Å². The molecule has 0 saturated heterocycles. The number of nitrogens with one attached hydrogen (secondary N) is 2. The molecule has 0 aromatic heterocycles. The molecular formula is C12H14BrFN2O3. The average molecular weight is 333 g/mol. The van der Waals surface area contributed by atoms with Crippen LogP contribution in [0.4, 0.5) is 14.9 Å². The molecule has 1 rings (SSSR count). The Kier molecular flexibility index (Phi) is 4.88. The van der Waals surface area contributed by atoms with Gasteiger partial charge in [-0.3, -0.25) is 4.79 Å². The highest BCUT2D eigenvalue weighted by Gasteiger charge is 2.24. The summed E-state index contributed by atoms with van der Waals surface area (Å²) in [5, 5.41) is 13.7. The van der Waals surface area contributed by atoms with E-state index < -0.39 is 23.4 Å². The number of carbonyl (C=O) groups excluding carboxylic acids is 1. The van der Waals surface area contributed by atoms with Crippen LogP contribution in [0.25, 0.3) is 0 Å². The number of carboxylic acid groups (broad SMARTS) is 1. The van der Waals surface area contributed by atoms with Crippen LogP contribution < -0.4 is 10.6 Å². The summed E-state index contributed by atoms with van der Waals surface area (Å²) < 4.78 is 13.6. The maximum atomic E-state index is 13.0. The van der Waals surface area contributed by atoms with Gasteiger partial charge < -0.3 is 15.7 Å². The Morgan fingerprint density at radius 3 is 2.63 bits per heavy atom. The molecule has 1 aromatic carbocycles. The van der Waals surface area contributed by atoms with Gasteiger partial charge in [-0.15, -0.1) is 0 Å². The van der Waals surface area contributed by atoms with Crippen molar-refractivity contribution in [2.24, 2.45) is 0 Å². The third kappa shape index (κ3) is 5.25. The highest BCUT2D eigenvalue weighted by atomic mass is 79.9. The average Bonchev–Trinajstić information content (AvgIpc) is 2.20. The number of aliphatic carboxylic acids is 1. The number of halogens is 2. The van der Waals surface area contributed by atoms with Crippen LogP contribution in [0.3, 0.4) is 0 Å². The lowest BCUT2D eigenvalue weighted by atomic mass is 10.0. The number of carbonyl (C=O) groups is 2. The number of amides is 2. The van der Waals surface area contributed by atoms with Gasteiger partial charge in [0.25, 0.3) is 0 Å². The second kappa shape index (κ2) is 6.01. The Bertz CT molecular complexity index is 506. The molecule has 104 valence electrons. The number of anilines is 1. The molecule has 0 radical (unpaired) electrons. The molecule has 0 aliphatic rings. The fraction of sp³-hybridized carbons (Fsp3) is 0.333.